The Kier molecular flexibility index (Phi) is 5.59. The highest BCUT2D eigenvalue weighted by molar-refractivity contribution is 9.10. The largest absolute Gasteiger partial charge is 0.335 e. The van der Waals surface area contributed by atoms with Gasteiger partial charge in [0.1, 0.15) is 5.57 Å². The zero-order valence-corrected chi connectivity index (χ0v) is 17.4. The number of carbonyl (C=O) groups is 3. The zero-order chi connectivity index (χ0) is 21.1. The van der Waals surface area contributed by atoms with E-state index in [0.717, 1.165) is 26.1 Å². The number of imide groups is 2. The van der Waals surface area contributed by atoms with Gasteiger partial charge >= 0.3 is 6.03 Å². The van der Waals surface area contributed by atoms with Crippen LogP contribution in [0.1, 0.15) is 16.7 Å². The molecule has 0 unspecified atom stereocenters. The normalized spacial score (nSPS) is 15.4. The Hall–Kier alpha value is -3.51. The minimum absolute atomic E-state index is 0.0852. The first-order valence-electron chi connectivity index (χ1n) is 9.32. The minimum atomic E-state index is -0.755. The first kappa shape index (κ1) is 19.8. The van der Waals surface area contributed by atoms with Crippen LogP contribution in [-0.2, 0) is 16.0 Å². The second-order valence-electron chi connectivity index (χ2n) is 6.76. The van der Waals surface area contributed by atoms with Gasteiger partial charge in [-0.25, -0.2) is 9.69 Å². The molecule has 5 nitrogen and oxygen atoms in total. The fourth-order valence-corrected chi connectivity index (χ4v) is 3.73. The monoisotopic (exact) mass is 460 g/mol. The van der Waals surface area contributed by atoms with Crippen molar-refractivity contribution in [3.63, 3.8) is 0 Å². The topological polar surface area (TPSA) is 66.5 Å². The number of rotatable bonds is 4. The molecule has 0 bridgehead atoms. The molecule has 1 heterocycles. The van der Waals surface area contributed by atoms with Crippen molar-refractivity contribution in [1.29, 1.82) is 0 Å². The van der Waals surface area contributed by atoms with Crippen LogP contribution in [0.15, 0.2) is 88.9 Å². The van der Waals surface area contributed by atoms with Crippen LogP contribution < -0.4 is 10.2 Å². The number of benzene rings is 3. The van der Waals surface area contributed by atoms with E-state index in [1.165, 1.54) is 0 Å². The average Bonchev–Trinajstić information content (AvgIpc) is 2.74. The Morgan fingerprint density at radius 1 is 0.800 bits per heavy atom. The van der Waals surface area contributed by atoms with Crippen LogP contribution in [0, 0.1) is 0 Å². The summed E-state index contributed by atoms with van der Waals surface area (Å²) in [7, 11) is 0. The molecule has 3 aromatic rings. The van der Waals surface area contributed by atoms with E-state index in [2.05, 4.69) is 21.2 Å². The van der Waals surface area contributed by atoms with Gasteiger partial charge in [0, 0.05) is 4.47 Å². The number of hydrogen-bond acceptors (Lipinski definition) is 3. The van der Waals surface area contributed by atoms with Crippen LogP contribution in [0.4, 0.5) is 10.5 Å². The molecule has 4 rings (SSSR count). The fraction of sp³-hybridized carbons (Fsp3) is 0.0417. The van der Waals surface area contributed by atoms with Crippen LogP contribution in [0.2, 0.25) is 0 Å². The molecular formula is C24H17BrN2O3. The number of halogens is 1. The molecule has 6 heteroatoms. The maximum absolute atomic E-state index is 13.0. The van der Waals surface area contributed by atoms with Crippen molar-refractivity contribution in [3.05, 3.63) is 106 Å². The van der Waals surface area contributed by atoms with Gasteiger partial charge in [-0.2, -0.15) is 0 Å². The molecule has 30 heavy (non-hydrogen) atoms. The Labute approximate surface area is 182 Å². The van der Waals surface area contributed by atoms with E-state index in [9.17, 15) is 14.4 Å². The number of amides is 4. The molecule has 1 fully saturated rings. The van der Waals surface area contributed by atoms with Crippen LogP contribution in [0.5, 0.6) is 0 Å². The Bertz CT molecular complexity index is 1170. The van der Waals surface area contributed by atoms with Crippen molar-refractivity contribution in [2.45, 2.75) is 6.42 Å². The SMILES string of the molecule is O=C1NC(=O)N(c2ccccc2)C(=O)/C1=C/c1ccccc1Cc1ccccc1Br. The van der Waals surface area contributed by atoms with Crippen molar-refractivity contribution >= 4 is 45.5 Å². The fourth-order valence-electron chi connectivity index (χ4n) is 3.31. The highest BCUT2D eigenvalue weighted by Gasteiger charge is 2.36. The minimum Gasteiger partial charge on any atom is -0.273 e. The van der Waals surface area contributed by atoms with Crippen LogP contribution >= 0.6 is 15.9 Å². The molecule has 0 aromatic heterocycles. The summed E-state index contributed by atoms with van der Waals surface area (Å²) >= 11 is 3.56. The first-order chi connectivity index (χ1) is 14.5. The van der Waals surface area contributed by atoms with Gasteiger partial charge in [0.05, 0.1) is 5.69 Å². The van der Waals surface area contributed by atoms with E-state index >= 15 is 0 Å². The summed E-state index contributed by atoms with van der Waals surface area (Å²) < 4.78 is 0.986. The van der Waals surface area contributed by atoms with Crippen LogP contribution in [-0.4, -0.2) is 17.8 Å². The molecule has 4 amide bonds. The lowest BCUT2D eigenvalue weighted by Crippen LogP contribution is -2.54. The molecule has 1 aliphatic rings. The van der Waals surface area contributed by atoms with Gasteiger partial charge in [-0.3, -0.25) is 14.9 Å². The van der Waals surface area contributed by atoms with E-state index in [1.807, 2.05) is 48.5 Å². The lowest BCUT2D eigenvalue weighted by molar-refractivity contribution is -0.122. The third-order valence-corrected chi connectivity index (χ3v) is 5.58. The molecule has 0 aliphatic carbocycles. The lowest BCUT2D eigenvalue weighted by Gasteiger charge is -2.26. The Balaban J connectivity index is 1.72. The Morgan fingerprint density at radius 3 is 2.17 bits per heavy atom. The number of para-hydroxylation sites is 1. The van der Waals surface area contributed by atoms with E-state index in [1.54, 1.807) is 36.4 Å². The first-order valence-corrected chi connectivity index (χ1v) is 10.1. The van der Waals surface area contributed by atoms with Crippen molar-refractivity contribution in [2.75, 3.05) is 4.90 Å². The number of nitrogens with zero attached hydrogens (tertiary/aromatic N) is 1. The predicted octanol–water partition coefficient (Wildman–Crippen LogP) is 4.71. The van der Waals surface area contributed by atoms with Crippen LogP contribution in [0.3, 0.4) is 0 Å². The summed E-state index contributed by atoms with van der Waals surface area (Å²) in [5.41, 5.74) is 3.11. The molecule has 1 saturated heterocycles. The number of nitrogens with one attached hydrogen (secondary N) is 1. The third kappa shape index (κ3) is 3.95. The lowest BCUT2D eigenvalue weighted by atomic mass is 9.97. The second-order valence-corrected chi connectivity index (χ2v) is 7.61. The second kappa shape index (κ2) is 8.47. The van der Waals surface area contributed by atoms with E-state index in [-0.39, 0.29) is 5.57 Å². The number of hydrogen-bond donors (Lipinski definition) is 1. The highest BCUT2D eigenvalue weighted by atomic mass is 79.9. The van der Waals surface area contributed by atoms with Gasteiger partial charge in [-0.1, -0.05) is 76.6 Å². The highest BCUT2D eigenvalue weighted by Crippen LogP contribution is 2.25. The van der Waals surface area contributed by atoms with Gasteiger partial charge in [0.15, 0.2) is 0 Å². The summed E-state index contributed by atoms with van der Waals surface area (Å²) in [5.74, 6) is -1.35. The van der Waals surface area contributed by atoms with Gasteiger partial charge in [-0.05, 0) is 47.4 Å². The third-order valence-electron chi connectivity index (χ3n) is 4.81. The maximum atomic E-state index is 13.0. The van der Waals surface area contributed by atoms with Crippen LogP contribution in [0.25, 0.3) is 6.08 Å². The number of barbiturate groups is 1. The van der Waals surface area contributed by atoms with Gasteiger partial charge in [0.2, 0.25) is 0 Å². The summed E-state index contributed by atoms with van der Waals surface area (Å²) in [4.78, 5) is 38.8. The predicted molar refractivity (Wildman–Crippen MR) is 119 cm³/mol. The number of carbonyl (C=O) groups excluding carboxylic acids is 3. The average molecular weight is 461 g/mol. The van der Waals surface area contributed by atoms with E-state index < -0.39 is 17.8 Å². The van der Waals surface area contributed by atoms with Crippen molar-refractivity contribution in [1.82, 2.24) is 5.32 Å². The van der Waals surface area contributed by atoms with Gasteiger partial charge < -0.3 is 0 Å². The molecule has 1 aliphatic heterocycles. The molecule has 148 valence electrons. The van der Waals surface area contributed by atoms with Crippen molar-refractivity contribution in [3.8, 4) is 0 Å². The Morgan fingerprint density at radius 2 is 1.43 bits per heavy atom. The number of anilines is 1. The molecule has 0 spiro atoms. The molecule has 0 radical (unpaired) electrons. The smallest absolute Gasteiger partial charge is 0.273 e. The molecule has 0 atom stereocenters. The van der Waals surface area contributed by atoms with Gasteiger partial charge in [-0.15, -0.1) is 0 Å². The summed E-state index contributed by atoms with van der Waals surface area (Å²) in [6.45, 7) is 0. The van der Waals surface area contributed by atoms with Crippen molar-refractivity contribution in [2.24, 2.45) is 0 Å². The zero-order valence-electron chi connectivity index (χ0n) is 15.8. The maximum Gasteiger partial charge on any atom is 0.335 e. The molecule has 3 aromatic carbocycles. The summed E-state index contributed by atoms with van der Waals surface area (Å²) in [6, 6.07) is 23.2. The summed E-state index contributed by atoms with van der Waals surface area (Å²) in [6.07, 6.45) is 2.17. The van der Waals surface area contributed by atoms with E-state index in [0.29, 0.717) is 12.1 Å². The standard InChI is InChI=1S/C24H17BrN2O3/c25-21-13-7-6-10-18(21)14-16-8-4-5-9-17(16)15-20-22(28)26-24(30)27(23(20)29)19-11-2-1-3-12-19/h1-13,15H,14H2,(H,26,28,30)/b20-15+. The molecular weight excluding hydrogens is 444 g/mol. The van der Waals surface area contributed by atoms with Gasteiger partial charge in [0.25, 0.3) is 11.8 Å². The van der Waals surface area contributed by atoms with E-state index in [4.69, 9.17) is 0 Å². The number of urea groups is 1. The molecule has 0 saturated carbocycles. The summed E-state index contributed by atoms with van der Waals surface area (Å²) in [5, 5.41) is 2.26. The quantitative estimate of drug-likeness (QED) is 0.452. The molecule has 1 N–H and O–H groups in total. The van der Waals surface area contributed by atoms with Crippen molar-refractivity contribution < 1.29 is 14.4 Å².